The van der Waals surface area contributed by atoms with Crippen molar-refractivity contribution in [3.63, 3.8) is 0 Å². The highest BCUT2D eigenvalue weighted by Gasteiger charge is 2.07. The largest absolute Gasteiger partial charge is 0.395 e. The number of β-amino-alcohol motifs (C(OH)–C–C–N with tert-alkyl or cyclic N) is 1. The van der Waals surface area contributed by atoms with Gasteiger partial charge in [-0.25, -0.2) is 0 Å². The van der Waals surface area contributed by atoms with E-state index in [-0.39, 0.29) is 0 Å². The van der Waals surface area contributed by atoms with Gasteiger partial charge in [0.2, 0.25) is 0 Å². The molecule has 0 saturated carbocycles. The summed E-state index contributed by atoms with van der Waals surface area (Å²) in [6.45, 7) is 6.08. The van der Waals surface area contributed by atoms with Crippen LogP contribution in [0.1, 0.15) is 38.5 Å². The molecule has 2 aliphatic heterocycles. The van der Waals surface area contributed by atoms with E-state index >= 15 is 0 Å². The summed E-state index contributed by atoms with van der Waals surface area (Å²) in [5.41, 5.74) is 0. The van der Waals surface area contributed by atoms with Gasteiger partial charge < -0.3 is 15.3 Å². The minimum atomic E-state index is 0.319. The number of nitrogens with one attached hydrogen (secondary N) is 1. The van der Waals surface area contributed by atoms with Gasteiger partial charge in [-0.05, 0) is 51.9 Å². The molecule has 2 fully saturated rings. The van der Waals surface area contributed by atoms with Crippen LogP contribution in [0.5, 0.6) is 0 Å². The van der Waals surface area contributed by atoms with Gasteiger partial charge in [-0.15, -0.1) is 0 Å². The zero-order valence-corrected chi connectivity index (χ0v) is 9.88. The van der Waals surface area contributed by atoms with Crippen LogP contribution in [0.3, 0.4) is 0 Å². The molecule has 0 spiro atoms. The Bertz CT molecular complexity index is 117. The van der Waals surface area contributed by atoms with E-state index in [2.05, 4.69) is 10.2 Å². The standard InChI is InChI=1S/C7H15NO.C5H11N/c9-7-6-8-4-2-1-3-5-8;1-2-4-6-5-3-1/h9H,1-7H2;6H,1-5H2. The van der Waals surface area contributed by atoms with E-state index in [1.54, 1.807) is 0 Å². The Morgan fingerprint density at radius 2 is 1.47 bits per heavy atom. The van der Waals surface area contributed by atoms with Gasteiger partial charge in [0.05, 0.1) is 6.61 Å². The highest BCUT2D eigenvalue weighted by molar-refractivity contribution is 4.62. The number of nitrogens with zero attached hydrogens (tertiary/aromatic N) is 1. The monoisotopic (exact) mass is 214 g/mol. The van der Waals surface area contributed by atoms with Gasteiger partial charge >= 0.3 is 0 Å². The average molecular weight is 214 g/mol. The van der Waals surface area contributed by atoms with Gasteiger partial charge in [-0.2, -0.15) is 0 Å². The molecule has 2 saturated heterocycles. The number of hydrogen-bond acceptors (Lipinski definition) is 3. The first-order chi connectivity index (χ1) is 7.43. The average Bonchev–Trinajstić information content (AvgIpc) is 2.34. The van der Waals surface area contributed by atoms with Crippen molar-refractivity contribution >= 4 is 0 Å². The first-order valence-corrected chi connectivity index (χ1v) is 6.47. The molecule has 2 rings (SSSR count). The summed E-state index contributed by atoms with van der Waals surface area (Å²) in [7, 11) is 0. The summed E-state index contributed by atoms with van der Waals surface area (Å²) in [6.07, 6.45) is 8.23. The predicted molar refractivity (Wildman–Crippen MR) is 64.1 cm³/mol. The molecule has 0 unspecified atom stereocenters. The molecule has 2 aliphatic rings. The third-order valence-electron chi connectivity index (χ3n) is 3.07. The number of hydrogen-bond donors (Lipinski definition) is 2. The zero-order valence-electron chi connectivity index (χ0n) is 9.88. The summed E-state index contributed by atoms with van der Waals surface area (Å²) < 4.78 is 0. The molecule has 15 heavy (non-hydrogen) atoms. The van der Waals surface area contributed by atoms with Crippen molar-refractivity contribution in [3.05, 3.63) is 0 Å². The van der Waals surface area contributed by atoms with Gasteiger partial charge in [0.15, 0.2) is 0 Å². The van der Waals surface area contributed by atoms with E-state index in [1.807, 2.05) is 0 Å². The Labute approximate surface area is 93.9 Å². The Kier molecular flexibility index (Phi) is 7.88. The fourth-order valence-electron chi connectivity index (χ4n) is 2.13. The van der Waals surface area contributed by atoms with Gasteiger partial charge in [0.1, 0.15) is 0 Å². The maximum Gasteiger partial charge on any atom is 0.0558 e. The van der Waals surface area contributed by atoms with Crippen LogP contribution in [-0.4, -0.2) is 49.3 Å². The molecular weight excluding hydrogens is 188 g/mol. The molecule has 2 heterocycles. The first kappa shape index (κ1) is 12.9. The normalized spacial score (nSPS) is 23.0. The fraction of sp³-hybridized carbons (Fsp3) is 1.00. The van der Waals surface area contributed by atoms with E-state index in [0.29, 0.717) is 6.61 Å². The molecule has 90 valence electrons. The Morgan fingerprint density at radius 1 is 0.867 bits per heavy atom. The smallest absolute Gasteiger partial charge is 0.0558 e. The van der Waals surface area contributed by atoms with E-state index in [4.69, 9.17) is 5.11 Å². The summed E-state index contributed by atoms with van der Waals surface area (Å²) in [6, 6.07) is 0. The number of likely N-dealkylation sites (tertiary alicyclic amines) is 1. The van der Waals surface area contributed by atoms with Crippen LogP contribution in [0.25, 0.3) is 0 Å². The van der Waals surface area contributed by atoms with Crippen LogP contribution in [0.2, 0.25) is 0 Å². The maximum absolute atomic E-state index is 8.58. The van der Waals surface area contributed by atoms with E-state index in [0.717, 1.165) is 6.54 Å². The molecule has 2 N–H and O–H groups in total. The predicted octanol–water partition coefficient (Wildman–Crippen LogP) is 1.22. The highest BCUT2D eigenvalue weighted by atomic mass is 16.3. The second kappa shape index (κ2) is 9.13. The van der Waals surface area contributed by atoms with E-state index in [9.17, 15) is 0 Å². The quantitative estimate of drug-likeness (QED) is 0.725. The summed E-state index contributed by atoms with van der Waals surface area (Å²) in [4.78, 5) is 2.32. The minimum Gasteiger partial charge on any atom is -0.395 e. The second-order valence-electron chi connectivity index (χ2n) is 4.44. The number of aliphatic hydroxyl groups excluding tert-OH is 1. The molecular formula is C12H26N2O. The van der Waals surface area contributed by atoms with Crippen LogP contribution in [0, 0.1) is 0 Å². The minimum absolute atomic E-state index is 0.319. The topological polar surface area (TPSA) is 35.5 Å². The highest BCUT2D eigenvalue weighted by Crippen LogP contribution is 2.06. The third-order valence-corrected chi connectivity index (χ3v) is 3.07. The van der Waals surface area contributed by atoms with Gasteiger partial charge in [-0.3, -0.25) is 0 Å². The van der Waals surface area contributed by atoms with Crippen molar-refractivity contribution in [2.45, 2.75) is 38.5 Å². The summed E-state index contributed by atoms with van der Waals surface area (Å²) >= 11 is 0. The molecule has 0 aromatic rings. The van der Waals surface area contributed by atoms with Gasteiger partial charge in [0, 0.05) is 6.54 Å². The number of aliphatic hydroxyl groups is 1. The Hall–Kier alpha value is -0.120. The molecule has 0 amide bonds. The molecule has 0 atom stereocenters. The lowest BCUT2D eigenvalue weighted by molar-refractivity contribution is 0.173. The summed E-state index contributed by atoms with van der Waals surface area (Å²) in [5.74, 6) is 0. The molecule has 0 radical (unpaired) electrons. The van der Waals surface area contributed by atoms with Crippen LogP contribution in [-0.2, 0) is 0 Å². The van der Waals surface area contributed by atoms with Crippen LogP contribution < -0.4 is 5.32 Å². The van der Waals surface area contributed by atoms with Crippen LogP contribution in [0.4, 0.5) is 0 Å². The third kappa shape index (κ3) is 6.88. The summed E-state index contributed by atoms with van der Waals surface area (Å²) in [5, 5.41) is 11.9. The fourth-order valence-corrected chi connectivity index (χ4v) is 2.13. The lowest BCUT2D eigenvalue weighted by Crippen LogP contribution is -2.31. The molecule has 0 aromatic carbocycles. The molecule has 0 aromatic heterocycles. The molecule has 3 nitrogen and oxygen atoms in total. The van der Waals surface area contributed by atoms with E-state index < -0.39 is 0 Å². The lowest BCUT2D eigenvalue weighted by atomic mass is 10.1. The first-order valence-electron chi connectivity index (χ1n) is 6.47. The Balaban J connectivity index is 0.000000162. The van der Waals surface area contributed by atoms with Crippen molar-refractivity contribution < 1.29 is 5.11 Å². The van der Waals surface area contributed by atoms with Crippen LogP contribution >= 0.6 is 0 Å². The molecule has 0 bridgehead atoms. The van der Waals surface area contributed by atoms with Gasteiger partial charge in [0.25, 0.3) is 0 Å². The second-order valence-corrected chi connectivity index (χ2v) is 4.44. The number of rotatable bonds is 2. The SMILES string of the molecule is C1CCNCC1.OCCN1CCCCC1. The number of piperidine rings is 2. The van der Waals surface area contributed by atoms with Crippen molar-refractivity contribution in [2.75, 3.05) is 39.3 Å². The Morgan fingerprint density at radius 3 is 1.87 bits per heavy atom. The van der Waals surface area contributed by atoms with Gasteiger partial charge in [-0.1, -0.05) is 12.8 Å². The van der Waals surface area contributed by atoms with Crippen molar-refractivity contribution in [3.8, 4) is 0 Å². The van der Waals surface area contributed by atoms with Crippen molar-refractivity contribution in [1.82, 2.24) is 10.2 Å². The lowest BCUT2D eigenvalue weighted by Gasteiger charge is -2.25. The molecule has 3 heteroatoms. The maximum atomic E-state index is 8.58. The molecule has 0 aliphatic carbocycles. The van der Waals surface area contributed by atoms with E-state index in [1.165, 1.54) is 64.7 Å². The zero-order chi connectivity index (χ0) is 10.8. The van der Waals surface area contributed by atoms with Crippen LogP contribution in [0.15, 0.2) is 0 Å². The van der Waals surface area contributed by atoms with Crippen molar-refractivity contribution in [2.24, 2.45) is 0 Å². The van der Waals surface area contributed by atoms with Crippen molar-refractivity contribution in [1.29, 1.82) is 0 Å².